The number of benzene rings is 2. The molecule has 0 spiro atoms. The maximum absolute atomic E-state index is 11.9. The largest absolute Gasteiger partial charge is 0.481 e. The average Bonchev–Trinajstić information content (AvgIpc) is 2.46. The van der Waals surface area contributed by atoms with Gasteiger partial charge in [-0.25, -0.2) is 0 Å². The smallest absolute Gasteiger partial charge is 0.279 e. The number of carbonyl (C=O) groups excluding carboxylic acids is 1. The van der Waals surface area contributed by atoms with E-state index in [4.69, 9.17) is 16.3 Å². The number of hydrogen-bond acceptors (Lipinski definition) is 3. The minimum atomic E-state index is -0.635. The van der Waals surface area contributed by atoms with Gasteiger partial charge in [0.25, 0.3) is 5.91 Å². The first kappa shape index (κ1) is 14.2. The molecular formula is C15H15ClN2O2. The van der Waals surface area contributed by atoms with Crippen molar-refractivity contribution >= 4 is 23.2 Å². The molecule has 0 saturated carbocycles. The van der Waals surface area contributed by atoms with Gasteiger partial charge in [-0.15, -0.1) is 0 Å². The Morgan fingerprint density at radius 2 is 1.90 bits per heavy atom. The Labute approximate surface area is 122 Å². The van der Waals surface area contributed by atoms with Crippen molar-refractivity contribution in [1.82, 2.24) is 5.43 Å². The Balaban J connectivity index is 1.86. The van der Waals surface area contributed by atoms with E-state index in [-0.39, 0.29) is 5.91 Å². The van der Waals surface area contributed by atoms with Crippen LogP contribution in [-0.2, 0) is 4.79 Å². The lowest BCUT2D eigenvalue weighted by atomic mass is 10.3. The van der Waals surface area contributed by atoms with Crippen LogP contribution in [0.3, 0.4) is 0 Å². The topological polar surface area (TPSA) is 50.4 Å². The first-order valence-corrected chi connectivity index (χ1v) is 6.56. The number of para-hydroxylation sites is 1. The van der Waals surface area contributed by atoms with Crippen LogP contribution in [-0.4, -0.2) is 12.0 Å². The molecule has 4 nitrogen and oxygen atoms in total. The number of anilines is 1. The standard InChI is InChI=1S/C15H15ClN2O2/c1-11(20-14-9-5-6-12(16)10-14)15(19)18-17-13-7-3-2-4-8-13/h2-11,17H,1H3,(H,18,19). The molecule has 0 aliphatic rings. The van der Waals surface area contributed by atoms with Crippen molar-refractivity contribution in [3.63, 3.8) is 0 Å². The molecule has 2 aromatic rings. The van der Waals surface area contributed by atoms with Crippen LogP contribution in [0.25, 0.3) is 0 Å². The van der Waals surface area contributed by atoms with Crippen molar-refractivity contribution < 1.29 is 9.53 Å². The number of ether oxygens (including phenoxy) is 1. The normalized spacial score (nSPS) is 11.5. The summed E-state index contributed by atoms with van der Waals surface area (Å²) in [5, 5.41) is 0.567. The van der Waals surface area contributed by atoms with Crippen molar-refractivity contribution in [3.8, 4) is 5.75 Å². The summed E-state index contributed by atoms with van der Waals surface area (Å²) in [5.74, 6) is 0.286. The number of halogens is 1. The zero-order valence-corrected chi connectivity index (χ0v) is 11.7. The maximum Gasteiger partial charge on any atom is 0.279 e. The molecule has 2 N–H and O–H groups in total. The summed E-state index contributed by atoms with van der Waals surface area (Å²) in [6, 6.07) is 16.3. The molecule has 0 saturated heterocycles. The zero-order chi connectivity index (χ0) is 14.4. The Morgan fingerprint density at radius 3 is 2.60 bits per heavy atom. The maximum atomic E-state index is 11.9. The highest BCUT2D eigenvalue weighted by atomic mass is 35.5. The van der Waals surface area contributed by atoms with E-state index in [0.717, 1.165) is 5.69 Å². The second kappa shape index (κ2) is 6.82. The molecule has 0 bridgehead atoms. The van der Waals surface area contributed by atoms with E-state index in [2.05, 4.69) is 10.9 Å². The Kier molecular flexibility index (Phi) is 4.85. The molecule has 0 aliphatic heterocycles. The Morgan fingerprint density at radius 1 is 1.15 bits per heavy atom. The number of nitrogens with one attached hydrogen (secondary N) is 2. The second-order valence-electron chi connectivity index (χ2n) is 4.20. The lowest BCUT2D eigenvalue weighted by Gasteiger charge is -2.15. The van der Waals surface area contributed by atoms with E-state index in [1.807, 2.05) is 30.3 Å². The molecule has 0 fully saturated rings. The van der Waals surface area contributed by atoms with Gasteiger partial charge in [-0.1, -0.05) is 35.9 Å². The molecule has 2 rings (SSSR count). The van der Waals surface area contributed by atoms with Crippen LogP contribution in [0.15, 0.2) is 54.6 Å². The minimum absolute atomic E-state index is 0.270. The zero-order valence-electron chi connectivity index (χ0n) is 11.0. The molecule has 0 radical (unpaired) electrons. The van der Waals surface area contributed by atoms with Gasteiger partial charge < -0.3 is 4.74 Å². The fourth-order valence-corrected chi connectivity index (χ4v) is 1.74. The summed E-state index contributed by atoms with van der Waals surface area (Å²) in [5.41, 5.74) is 6.21. The van der Waals surface area contributed by atoms with Crippen LogP contribution >= 0.6 is 11.6 Å². The number of amides is 1. The van der Waals surface area contributed by atoms with E-state index >= 15 is 0 Å². The Hall–Kier alpha value is -2.20. The number of hydrazine groups is 1. The quantitative estimate of drug-likeness (QED) is 0.831. The molecule has 1 amide bonds. The monoisotopic (exact) mass is 290 g/mol. The van der Waals surface area contributed by atoms with Gasteiger partial charge >= 0.3 is 0 Å². The lowest BCUT2D eigenvalue weighted by Crippen LogP contribution is -2.39. The van der Waals surface area contributed by atoms with Gasteiger partial charge in [0.05, 0.1) is 5.69 Å². The lowest BCUT2D eigenvalue weighted by molar-refractivity contribution is -0.126. The van der Waals surface area contributed by atoms with Gasteiger partial charge in [-0.05, 0) is 37.3 Å². The fraction of sp³-hybridized carbons (Fsp3) is 0.133. The molecule has 0 heterocycles. The third-order valence-corrected chi connectivity index (χ3v) is 2.82. The highest BCUT2D eigenvalue weighted by molar-refractivity contribution is 6.30. The van der Waals surface area contributed by atoms with Gasteiger partial charge in [-0.2, -0.15) is 0 Å². The van der Waals surface area contributed by atoms with Gasteiger partial charge in [-0.3, -0.25) is 15.6 Å². The predicted octanol–water partition coefficient (Wildman–Crippen LogP) is 3.25. The van der Waals surface area contributed by atoms with Crippen LogP contribution in [0.1, 0.15) is 6.92 Å². The first-order valence-electron chi connectivity index (χ1n) is 6.18. The Bertz CT molecular complexity index is 575. The molecule has 1 unspecified atom stereocenters. The summed E-state index contributed by atoms with van der Waals surface area (Å²) >= 11 is 5.86. The average molecular weight is 291 g/mol. The molecular weight excluding hydrogens is 276 g/mol. The van der Waals surface area contributed by atoms with Crippen molar-refractivity contribution in [1.29, 1.82) is 0 Å². The second-order valence-corrected chi connectivity index (χ2v) is 4.63. The summed E-state index contributed by atoms with van der Waals surface area (Å²) in [6.07, 6.45) is -0.635. The number of rotatable bonds is 5. The summed E-state index contributed by atoms with van der Waals surface area (Å²) in [6.45, 7) is 1.67. The summed E-state index contributed by atoms with van der Waals surface area (Å²) in [7, 11) is 0. The van der Waals surface area contributed by atoms with E-state index in [1.54, 1.807) is 31.2 Å². The molecule has 104 valence electrons. The van der Waals surface area contributed by atoms with Gasteiger partial charge in [0.2, 0.25) is 0 Å². The summed E-state index contributed by atoms with van der Waals surface area (Å²) < 4.78 is 5.51. The highest BCUT2D eigenvalue weighted by Crippen LogP contribution is 2.18. The van der Waals surface area contributed by atoms with Gasteiger partial charge in [0, 0.05) is 5.02 Å². The van der Waals surface area contributed by atoms with Gasteiger partial charge in [0.15, 0.2) is 6.10 Å². The van der Waals surface area contributed by atoms with E-state index < -0.39 is 6.10 Å². The van der Waals surface area contributed by atoms with E-state index in [0.29, 0.717) is 10.8 Å². The van der Waals surface area contributed by atoms with Crippen LogP contribution in [0.2, 0.25) is 5.02 Å². The van der Waals surface area contributed by atoms with E-state index in [1.165, 1.54) is 0 Å². The molecule has 20 heavy (non-hydrogen) atoms. The van der Waals surface area contributed by atoms with Crippen molar-refractivity contribution in [2.24, 2.45) is 0 Å². The predicted molar refractivity (Wildman–Crippen MR) is 79.7 cm³/mol. The van der Waals surface area contributed by atoms with Gasteiger partial charge in [0.1, 0.15) is 5.75 Å². The van der Waals surface area contributed by atoms with Crippen LogP contribution in [0.5, 0.6) is 5.75 Å². The third-order valence-electron chi connectivity index (χ3n) is 2.58. The van der Waals surface area contributed by atoms with Crippen molar-refractivity contribution in [2.75, 3.05) is 5.43 Å². The van der Waals surface area contributed by atoms with Crippen LogP contribution in [0.4, 0.5) is 5.69 Å². The fourth-order valence-electron chi connectivity index (χ4n) is 1.55. The van der Waals surface area contributed by atoms with Crippen molar-refractivity contribution in [3.05, 3.63) is 59.6 Å². The number of carbonyl (C=O) groups is 1. The highest BCUT2D eigenvalue weighted by Gasteiger charge is 2.14. The molecule has 0 aliphatic carbocycles. The number of hydrogen-bond donors (Lipinski definition) is 2. The SMILES string of the molecule is CC(Oc1cccc(Cl)c1)C(=O)NNc1ccccc1. The summed E-state index contributed by atoms with van der Waals surface area (Å²) in [4.78, 5) is 11.9. The van der Waals surface area contributed by atoms with Crippen LogP contribution in [0, 0.1) is 0 Å². The van der Waals surface area contributed by atoms with Crippen LogP contribution < -0.4 is 15.6 Å². The first-order chi connectivity index (χ1) is 9.65. The molecule has 1 atom stereocenters. The third kappa shape index (κ3) is 4.17. The molecule has 0 aromatic heterocycles. The van der Waals surface area contributed by atoms with Crippen molar-refractivity contribution in [2.45, 2.75) is 13.0 Å². The molecule has 2 aromatic carbocycles. The molecule has 5 heteroatoms. The minimum Gasteiger partial charge on any atom is -0.481 e. The van der Waals surface area contributed by atoms with E-state index in [9.17, 15) is 4.79 Å².